The first-order chi connectivity index (χ1) is 15.1. The van der Waals surface area contributed by atoms with Crippen LogP contribution in [0.15, 0.2) is 76.6 Å². The van der Waals surface area contributed by atoms with Crippen LogP contribution in [-0.4, -0.2) is 6.79 Å². The van der Waals surface area contributed by atoms with Gasteiger partial charge in [0.1, 0.15) is 29.7 Å². The molecule has 2 heterocycles. The molecule has 2 aliphatic heterocycles. The van der Waals surface area contributed by atoms with Crippen LogP contribution in [0.1, 0.15) is 22.6 Å². The quantitative estimate of drug-likeness (QED) is 0.571. The average Bonchev–Trinajstić information content (AvgIpc) is 3.24. The number of nitriles is 1. The van der Waals surface area contributed by atoms with E-state index in [0.29, 0.717) is 35.2 Å². The number of ether oxygens (including phenoxy) is 4. The third-order valence-corrected chi connectivity index (χ3v) is 5.78. The summed E-state index contributed by atoms with van der Waals surface area (Å²) in [6.07, 6.45) is 0. The lowest BCUT2D eigenvalue weighted by atomic mass is 9.83. The number of para-hydroxylation sites is 1. The zero-order valence-electron chi connectivity index (χ0n) is 16.3. The van der Waals surface area contributed by atoms with Crippen LogP contribution < -0.4 is 24.7 Å². The molecule has 0 saturated heterocycles. The summed E-state index contributed by atoms with van der Waals surface area (Å²) >= 11 is 3.44. The van der Waals surface area contributed by atoms with Crippen LogP contribution in [0.2, 0.25) is 0 Å². The van der Waals surface area contributed by atoms with Gasteiger partial charge in [-0.05, 0) is 29.8 Å². The second-order valence-corrected chi connectivity index (χ2v) is 8.04. The Hall–Kier alpha value is -3.63. The van der Waals surface area contributed by atoms with E-state index in [4.69, 9.17) is 24.7 Å². The van der Waals surface area contributed by atoms with Crippen molar-refractivity contribution < 1.29 is 18.9 Å². The Morgan fingerprint density at radius 2 is 1.74 bits per heavy atom. The first kappa shape index (κ1) is 19.3. The molecule has 0 radical (unpaired) electrons. The Labute approximate surface area is 187 Å². The van der Waals surface area contributed by atoms with Gasteiger partial charge in [0.2, 0.25) is 12.7 Å². The van der Waals surface area contributed by atoms with E-state index in [2.05, 4.69) is 22.0 Å². The maximum Gasteiger partial charge on any atom is 0.231 e. The molecule has 3 aromatic carbocycles. The monoisotopic (exact) mass is 476 g/mol. The number of hydrogen-bond acceptors (Lipinski definition) is 6. The van der Waals surface area contributed by atoms with Gasteiger partial charge >= 0.3 is 0 Å². The molecule has 0 fully saturated rings. The summed E-state index contributed by atoms with van der Waals surface area (Å²) < 4.78 is 23.9. The van der Waals surface area contributed by atoms with E-state index in [1.807, 2.05) is 54.6 Å². The SMILES string of the molecule is N#CC1=C(N)Oc2cc3c(cc2C1c1ccccc1OCc1ccc(Br)cc1)OCO3. The van der Waals surface area contributed by atoms with Crippen LogP contribution in [0.5, 0.6) is 23.0 Å². The van der Waals surface area contributed by atoms with Gasteiger partial charge in [0.05, 0.1) is 5.92 Å². The first-order valence-electron chi connectivity index (χ1n) is 9.61. The third-order valence-electron chi connectivity index (χ3n) is 5.25. The van der Waals surface area contributed by atoms with E-state index in [0.717, 1.165) is 21.2 Å². The van der Waals surface area contributed by atoms with Gasteiger partial charge in [0.25, 0.3) is 0 Å². The summed E-state index contributed by atoms with van der Waals surface area (Å²) in [7, 11) is 0. The summed E-state index contributed by atoms with van der Waals surface area (Å²) in [6, 6.07) is 21.4. The molecule has 1 unspecified atom stereocenters. The maximum atomic E-state index is 9.87. The summed E-state index contributed by atoms with van der Waals surface area (Å²) in [5.41, 5.74) is 9.08. The van der Waals surface area contributed by atoms with Gasteiger partial charge in [-0.15, -0.1) is 0 Å². The van der Waals surface area contributed by atoms with Crippen molar-refractivity contribution in [3.63, 3.8) is 0 Å². The van der Waals surface area contributed by atoms with Crippen molar-refractivity contribution in [3.05, 3.63) is 93.3 Å². The second kappa shape index (κ2) is 7.89. The lowest BCUT2D eigenvalue weighted by molar-refractivity contribution is 0.174. The van der Waals surface area contributed by atoms with Crippen molar-refractivity contribution in [1.29, 1.82) is 5.26 Å². The average molecular weight is 477 g/mol. The van der Waals surface area contributed by atoms with Gasteiger partial charge in [-0.3, -0.25) is 0 Å². The first-order valence-corrected chi connectivity index (χ1v) is 10.4. The van der Waals surface area contributed by atoms with Crippen LogP contribution in [-0.2, 0) is 6.61 Å². The van der Waals surface area contributed by atoms with Crippen LogP contribution in [0.3, 0.4) is 0 Å². The van der Waals surface area contributed by atoms with Crippen LogP contribution in [0.4, 0.5) is 0 Å². The van der Waals surface area contributed by atoms with Crippen molar-refractivity contribution in [2.75, 3.05) is 6.79 Å². The molecule has 5 rings (SSSR count). The Balaban J connectivity index is 1.56. The minimum atomic E-state index is -0.454. The van der Waals surface area contributed by atoms with Gasteiger partial charge in [-0.25, -0.2) is 0 Å². The predicted molar refractivity (Wildman–Crippen MR) is 117 cm³/mol. The fraction of sp³-hybridized carbons (Fsp3) is 0.125. The van der Waals surface area contributed by atoms with Gasteiger partial charge in [0, 0.05) is 21.7 Å². The molecule has 2 N–H and O–H groups in total. The van der Waals surface area contributed by atoms with E-state index >= 15 is 0 Å². The molecule has 0 aromatic heterocycles. The summed E-state index contributed by atoms with van der Waals surface area (Å²) in [5, 5.41) is 9.87. The highest BCUT2D eigenvalue weighted by Gasteiger charge is 2.34. The van der Waals surface area contributed by atoms with Crippen LogP contribution >= 0.6 is 15.9 Å². The second-order valence-electron chi connectivity index (χ2n) is 7.12. The van der Waals surface area contributed by atoms with Gasteiger partial charge < -0.3 is 24.7 Å². The van der Waals surface area contributed by atoms with Crippen molar-refractivity contribution in [3.8, 4) is 29.1 Å². The molecule has 0 bridgehead atoms. The van der Waals surface area contributed by atoms with E-state index in [1.54, 1.807) is 6.07 Å². The summed E-state index contributed by atoms with van der Waals surface area (Å²) in [6.45, 7) is 0.534. The molecule has 3 aromatic rings. The van der Waals surface area contributed by atoms with E-state index in [9.17, 15) is 5.26 Å². The maximum absolute atomic E-state index is 9.87. The molecule has 0 amide bonds. The minimum absolute atomic E-state index is 0.0709. The Morgan fingerprint density at radius 3 is 2.52 bits per heavy atom. The normalized spacial score (nSPS) is 16.3. The molecule has 0 saturated carbocycles. The largest absolute Gasteiger partial charge is 0.489 e. The Bertz CT molecular complexity index is 1230. The van der Waals surface area contributed by atoms with Crippen molar-refractivity contribution in [2.24, 2.45) is 5.73 Å². The highest BCUT2D eigenvalue weighted by Crippen LogP contribution is 2.49. The van der Waals surface area contributed by atoms with Crippen molar-refractivity contribution in [2.45, 2.75) is 12.5 Å². The number of benzene rings is 3. The van der Waals surface area contributed by atoms with Crippen LogP contribution in [0.25, 0.3) is 0 Å². The molecule has 6 nitrogen and oxygen atoms in total. The number of fused-ring (bicyclic) bond motifs is 2. The number of nitrogens with two attached hydrogens (primary N) is 1. The predicted octanol–water partition coefficient (Wildman–Crippen LogP) is 4.97. The highest BCUT2D eigenvalue weighted by molar-refractivity contribution is 9.10. The topological polar surface area (TPSA) is 86.7 Å². The van der Waals surface area contributed by atoms with Gasteiger partial charge in [0.15, 0.2) is 11.5 Å². The van der Waals surface area contributed by atoms with Crippen molar-refractivity contribution >= 4 is 15.9 Å². The van der Waals surface area contributed by atoms with E-state index in [-0.39, 0.29) is 12.7 Å². The molecular weight excluding hydrogens is 460 g/mol. The zero-order valence-corrected chi connectivity index (χ0v) is 17.9. The number of nitrogens with zero attached hydrogens (tertiary/aromatic N) is 1. The Kier molecular flexibility index (Phi) is 4.92. The van der Waals surface area contributed by atoms with E-state index < -0.39 is 5.92 Å². The Morgan fingerprint density at radius 1 is 1.00 bits per heavy atom. The molecular formula is C24H17BrN2O4. The molecule has 7 heteroatoms. The standard InChI is InChI=1S/C24H17BrN2O4/c25-15-7-5-14(6-8-15)12-28-19-4-2-1-3-16(19)23-17-9-21-22(30-13-29-21)10-20(17)31-24(27)18(23)11-26/h1-10,23H,12-13,27H2. The zero-order chi connectivity index (χ0) is 21.4. The van der Waals surface area contributed by atoms with Gasteiger partial charge in [-0.2, -0.15) is 5.26 Å². The number of halogens is 1. The fourth-order valence-electron chi connectivity index (χ4n) is 3.76. The lowest BCUT2D eigenvalue weighted by Crippen LogP contribution is -2.21. The molecule has 154 valence electrons. The summed E-state index contributed by atoms with van der Waals surface area (Å²) in [4.78, 5) is 0. The van der Waals surface area contributed by atoms with Crippen molar-refractivity contribution in [1.82, 2.24) is 0 Å². The smallest absolute Gasteiger partial charge is 0.231 e. The molecule has 2 aliphatic rings. The van der Waals surface area contributed by atoms with E-state index in [1.165, 1.54) is 0 Å². The van der Waals surface area contributed by atoms with Gasteiger partial charge in [-0.1, -0.05) is 46.3 Å². The molecule has 0 spiro atoms. The molecule has 31 heavy (non-hydrogen) atoms. The minimum Gasteiger partial charge on any atom is -0.489 e. The number of hydrogen-bond donors (Lipinski definition) is 1. The fourth-order valence-corrected chi connectivity index (χ4v) is 4.02. The number of allylic oxidation sites excluding steroid dienone is 1. The van der Waals surface area contributed by atoms with Crippen LogP contribution in [0, 0.1) is 11.3 Å². The summed E-state index contributed by atoms with van der Waals surface area (Å²) in [5.74, 6) is 2.02. The molecule has 0 aliphatic carbocycles. The number of rotatable bonds is 4. The highest BCUT2D eigenvalue weighted by atomic mass is 79.9. The molecule has 1 atom stereocenters. The third kappa shape index (κ3) is 3.56. The lowest BCUT2D eigenvalue weighted by Gasteiger charge is -2.28.